The molecular formula is C20H24O4. The number of phenolic OH excluding ortho intramolecular Hbond substituents is 1. The summed E-state index contributed by atoms with van der Waals surface area (Å²) in [5.41, 5.74) is 1.79. The first-order valence-electron chi connectivity index (χ1n) is 8.93. The number of ketones is 1. The van der Waals surface area contributed by atoms with Crippen LogP contribution in [0.1, 0.15) is 67.8 Å². The number of carbonyl (C=O) groups excluding carboxylic acids is 2. The number of ether oxygens (including phenoxy) is 1. The van der Waals surface area contributed by atoms with E-state index in [1.165, 1.54) is 6.92 Å². The third-order valence-corrected chi connectivity index (χ3v) is 6.82. The van der Waals surface area contributed by atoms with Gasteiger partial charge in [0.05, 0.1) is 0 Å². The van der Waals surface area contributed by atoms with Gasteiger partial charge < -0.3 is 9.84 Å². The highest BCUT2D eigenvalue weighted by Gasteiger charge is 2.56. The number of rotatable bonds is 1. The van der Waals surface area contributed by atoms with Gasteiger partial charge in [-0.1, -0.05) is 13.0 Å². The van der Waals surface area contributed by atoms with Crippen molar-refractivity contribution in [2.45, 2.75) is 58.0 Å². The second-order valence-corrected chi connectivity index (χ2v) is 8.00. The molecule has 24 heavy (non-hydrogen) atoms. The minimum absolute atomic E-state index is 0.0124. The fourth-order valence-corrected chi connectivity index (χ4v) is 5.74. The van der Waals surface area contributed by atoms with Gasteiger partial charge in [0, 0.05) is 24.3 Å². The maximum atomic E-state index is 12.6. The molecule has 2 saturated carbocycles. The number of aromatic hydroxyl groups is 1. The van der Waals surface area contributed by atoms with Crippen molar-refractivity contribution in [2.24, 2.45) is 17.3 Å². The Morgan fingerprint density at radius 1 is 1.29 bits per heavy atom. The van der Waals surface area contributed by atoms with Crippen LogP contribution >= 0.6 is 0 Å². The van der Waals surface area contributed by atoms with Crippen LogP contribution in [0.3, 0.4) is 0 Å². The molecule has 3 aliphatic carbocycles. The van der Waals surface area contributed by atoms with Crippen LogP contribution in [-0.2, 0) is 9.53 Å². The topological polar surface area (TPSA) is 63.6 Å². The van der Waals surface area contributed by atoms with Crippen molar-refractivity contribution in [3.05, 3.63) is 29.3 Å². The third-order valence-electron chi connectivity index (χ3n) is 6.82. The molecule has 0 saturated heterocycles. The summed E-state index contributed by atoms with van der Waals surface area (Å²) in [5.74, 6) is 1.23. The van der Waals surface area contributed by atoms with Gasteiger partial charge in [-0.15, -0.1) is 0 Å². The Labute approximate surface area is 142 Å². The SMILES string of the molecule is CC(=O)OC1CC[C@H]2[C@@H]3CC(=O)c4cc(O)ccc4[C@H]3CC[C@]12C. The summed E-state index contributed by atoms with van der Waals surface area (Å²) < 4.78 is 5.62. The van der Waals surface area contributed by atoms with E-state index in [9.17, 15) is 14.7 Å². The predicted molar refractivity (Wildman–Crippen MR) is 88.9 cm³/mol. The molecule has 4 rings (SSSR count). The summed E-state index contributed by atoms with van der Waals surface area (Å²) in [5, 5.41) is 9.71. The lowest BCUT2D eigenvalue weighted by Gasteiger charge is -2.49. The zero-order valence-electron chi connectivity index (χ0n) is 14.2. The molecule has 128 valence electrons. The van der Waals surface area contributed by atoms with E-state index < -0.39 is 0 Å². The van der Waals surface area contributed by atoms with Crippen molar-refractivity contribution >= 4 is 11.8 Å². The Kier molecular flexibility index (Phi) is 3.48. The predicted octanol–water partition coefficient (Wildman–Crippen LogP) is 3.82. The van der Waals surface area contributed by atoms with Crippen molar-refractivity contribution in [2.75, 3.05) is 0 Å². The van der Waals surface area contributed by atoms with Crippen molar-refractivity contribution < 1.29 is 19.4 Å². The van der Waals surface area contributed by atoms with Gasteiger partial charge in [0.2, 0.25) is 0 Å². The Hall–Kier alpha value is -1.84. The molecule has 0 heterocycles. The quantitative estimate of drug-likeness (QED) is 0.796. The van der Waals surface area contributed by atoms with Crippen LogP contribution in [0.2, 0.25) is 0 Å². The molecule has 3 aliphatic rings. The molecule has 1 aromatic rings. The first-order valence-corrected chi connectivity index (χ1v) is 8.93. The molecule has 4 nitrogen and oxygen atoms in total. The lowest BCUT2D eigenvalue weighted by Crippen LogP contribution is -2.45. The highest BCUT2D eigenvalue weighted by molar-refractivity contribution is 5.99. The maximum Gasteiger partial charge on any atom is 0.302 e. The summed E-state index contributed by atoms with van der Waals surface area (Å²) in [6.07, 6.45) is 4.49. The molecule has 1 unspecified atom stereocenters. The normalized spacial score (nSPS) is 37.3. The van der Waals surface area contributed by atoms with Gasteiger partial charge in [-0.25, -0.2) is 0 Å². The van der Waals surface area contributed by atoms with Crippen molar-refractivity contribution in [3.8, 4) is 5.75 Å². The van der Waals surface area contributed by atoms with Crippen LogP contribution in [-0.4, -0.2) is 23.0 Å². The van der Waals surface area contributed by atoms with Crippen LogP contribution < -0.4 is 0 Å². The van der Waals surface area contributed by atoms with Gasteiger partial charge in [0.1, 0.15) is 11.9 Å². The zero-order valence-corrected chi connectivity index (χ0v) is 14.2. The number of Topliss-reactive ketones (excluding diaryl/α,β-unsaturated/α-hetero) is 1. The zero-order chi connectivity index (χ0) is 17.1. The molecule has 0 aromatic heterocycles. The molecule has 0 bridgehead atoms. The summed E-state index contributed by atoms with van der Waals surface area (Å²) >= 11 is 0. The minimum Gasteiger partial charge on any atom is -0.508 e. The van der Waals surface area contributed by atoms with Gasteiger partial charge in [-0.3, -0.25) is 9.59 Å². The third kappa shape index (κ3) is 2.19. The first-order chi connectivity index (χ1) is 11.4. The van der Waals surface area contributed by atoms with E-state index in [0.717, 1.165) is 31.2 Å². The Balaban J connectivity index is 1.68. The molecule has 0 aliphatic heterocycles. The molecule has 5 atom stereocenters. The summed E-state index contributed by atoms with van der Waals surface area (Å²) in [4.78, 5) is 24.1. The molecule has 1 aromatic carbocycles. The van der Waals surface area contributed by atoms with Crippen LogP contribution in [0.15, 0.2) is 18.2 Å². The average molecular weight is 328 g/mol. The van der Waals surface area contributed by atoms with Crippen molar-refractivity contribution in [3.63, 3.8) is 0 Å². The van der Waals surface area contributed by atoms with Gasteiger partial charge >= 0.3 is 5.97 Å². The highest BCUT2D eigenvalue weighted by atomic mass is 16.5. The summed E-state index contributed by atoms with van der Waals surface area (Å²) in [6.45, 7) is 3.72. The van der Waals surface area contributed by atoms with Crippen molar-refractivity contribution in [1.82, 2.24) is 0 Å². The molecule has 1 N–H and O–H groups in total. The highest BCUT2D eigenvalue weighted by Crippen LogP contribution is 2.61. The number of esters is 1. The van der Waals surface area contributed by atoms with Crippen molar-refractivity contribution in [1.29, 1.82) is 0 Å². The largest absolute Gasteiger partial charge is 0.508 e. The van der Waals surface area contributed by atoms with E-state index >= 15 is 0 Å². The van der Waals surface area contributed by atoms with Gasteiger partial charge in [0.15, 0.2) is 5.78 Å². The number of hydrogen-bond donors (Lipinski definition) is 1. The summed E-state index contributed by atoms with van der Waals surface area (Å²) in [7, 11) is 0. The molecule has 2 fully saturated rings. The molecular weight excluding hydrogens is 304 g/mol. The second kappa shape index (κ2) is 5.33. The molecule has 0 amide bonds. The maximum absolute atomic E-state index is 12.6. The fourth-order valence-electron chi connectivity index (χ4n) is 5.74. The monoisotopic (exact) mass is 328 g/mol. The minimum atomic E-state index is -0.204. The Bertz CT molecular complexity index is 710. The number of phenols is 1. The van der Waals surface area contributed by atoms with Crippen LogP contribution in [0, 0.1) is 17.3 Å². The summed E-state index contributed by atoms with van der Waals surface area (Å²) in [6, 6.07) is 5.25. The standard InChI is InChI=1S/C20H24O4/c1-11(21)24-19-6-5-17-15-10-18(23)16-9-12(22)3-4-13(16)14(15)7-8-20(17,19)2/h3-4,9,14-15,17,19,22H,5-8,10H2,1-2H3/t14-,15-,17+,19?,20+/m1/s1. The lowest BCUT2D eigenvalue weighted by molar-refractivity contribution is -0.154. The Morgan fingerprint density at radius 3 is 2.83 bits per heavy atom. The number of fused-ring (bicyclic) bond motifs is 5. The molecule has 0 radical (unpaired) electrons. The smallest absolute Gasteiger partial charge is 0.302 e. The number of carbonyl (C=O) groups is 2. The molecule has 4 heteroatoms. The first kappa shape index (κ1) is 15.7. The van der Waals surface area contributed by atoms with E-state index in [-0.39, 0.29) is 29.0 Å². The fraction of sp³-hybridized carbons (Fsp3) is 0.600. The number of benzene rings is 1. The van der Waals surface area contributed by atoms with E-state index in [2.05, 4.69) is 6.92 Å². The second-order valence-electron chi connectivity index (χ2n) is 8.00. The van der Waals surface area contributed by atoms with E-state index in [1.54, 1.807) is 12.1 Å². The van der Waals surface area contributed by atoms with Gasteiger partial charge in [0.25, 0.3) is 0 Å². The van der Waals surface area contributed by atoms with E-state index in [1.807, 2.05) is 6.07 Å². The van der Waals surface area contributed by atoms with Crippen LogP contribution in [0.5, 0.6) is 5.75 Å². The molecule has 0 spiro atoms. The van der Waals surface area contributed by atoms with E-state index in [0.29, 0.717) is 29.7 Å². The van der Waals surface area contributed by atoms with Crippen LogP contribution in [0.25, 0.3) is 0 Å². The van der Waals surface area contributed by atoms with Crippen LogP contribution in [0.4, 0.5) is 0 Å². The van der Waals surface area contributed by atoms with Gasteiger partial charge in [-0.05, 0) is 61.1 Å². The Morgan fingerprint density at radius 2 is 2.08 bits per heavy atom. The number of hydrogen-bond acceptors (Lipinski definition) is 4. The lowest BCUT2D eigenvalue weighted by atomic mass is 9.55. The average Bonchev–Trinajstić information content (AvgIpc) is 2.84. The van der Waals surface area contributed by atoms with Gasteiger partial charge in [-0.2, -0.15) is 0 Å². The van der Waals surface area contributed by atoms with E-state index in [4.69, 9.17) is 4.74 Å².